The average molecular weight is 363 g/mol. The van der Waals surface area contributed by atoms with E-state index in [2.05, 4.69) is 10.5 Å². The summed E-state index contributed by atoms with van der Waals surface area (Å²) in [6.07, 6.45) is 0. The van der Waals surface area contributed by atoms with Crippen LogP contribution in [0.1, 0.15) is 24.3 Å². The van der Waals surface area contributed by atoms with E-state index in [1.54, 1.807) is 12.1 Å². The van der Waals surface area contributed by atoms with Crippen LogP contribution in [-0.4, -0.2) is 16.2 Å². The Balaban J connectivity index is 0.00000109. The summed E-state index contributed by atoms with van der Waals surface area (Å²) in [7, 11) is 0. The maximum absolute atomic E-state index is 13.6. The molecule has 0 bridgehead atoms. The molecule has 0 atom stereocenters. The molecule has 0 unspecified atom stereocenters. The molecular formula is C18H16ClFN2O3. The Kier molecular flexibility index (Phi) is 6.14. The number of hydrogen-bond acceptors (Lipinski definition) is 4. The number of phenolic OH excluding ortho intramolecular Hbond substituents is 1. The van der Waals surface area contributed by atoms with Crippen molar-refractivity contribution in [1.82, 2.24) is 5.16 Å². The number of carbonyl (C=O) groups excluding carboxylic acids is 1. The Morgan fingerprint density at radius 2 is 1.96 bits per heavy atom. The standard InChI is InChI=1S/C16H10ClFN2O3.C2H6/c17-10-4-5-12(18)13(7-10)19-16(22)14-8-15(23-20-14)9-2-1-3-11(21)6-9;1-2/h1-8,21H,(H,19,22);1-2H3. The molecule has 1 aromatic heterocycles. The zero-order valence-corrected chi connectivity index (χ0v) is 14.3. The Bertz CT molecular complexity index is 880. The summed E-state index contributed by atoms with van der Waals surface area (Å²) in [6.45, 7) is 4.00. The van der Waals surface area contributed by atoms with Crippen molar-refractivity contribution in [2.75, 3.05) is 5.32 Å². The first kappa shape index (κ1) is 18.5. The minimum Gasteiger partial charge on any atom is -0.508 e. The van der Waals surface area contributed by atoms with Crippen LogP contribution in [0.4, 0.5) is 10.1 Å². The van der Waals surface area contributed by atoms with E-state index in [0.717, 1.165) is 6.07 Å². The van der Waals surface area contributed by atoms with Gasteiger partial charge in [-0.3, -0.25) is 4.79 Å². The first-order valence-electron chi connectivity index (χ1n) is 7.55. The monoisotopic (exact) mass is 362 g/mol. The van der Waals surface area contributed by atoms with Crippen LogP contribution in [-0.2, 0) is 0 Å². The number of phenols is 1. The zero-order chi connectivity index (χ0) is 18.4. The van der Waals surface area contributed by atoms with Crippen LogP contribution in [0.25, 0.3) is 11.3 Å². The second kappa shape index (κ2) is 8.30. The molecule has 0 radical (unpaired) electrons. The molecule has 3 aromatic rings. The van der Waals surface area contributed by atoms with E-state index >= 15 is 0 Å². The number of aromatic nitrogens is 1. The largest absolute Gasteiger partial charge is 0.508 e. The molecule has 1 heterocycles. The zero-order valence-electron chi connectivity index (χ0n) is 13.6. The van der Waals surface area contributed by atoms with Crippen molar-refractivity contribution >= 4 is 23.2 Å². The Hall–Kier alpha value is -2.86. The second-order valence-electron chi connectivity index (χ2n) is 4.71. The molecule has 3 rings (SSSR count). The van der Waals surface area contributed by atoms with Crippen molar-refractivity contribution in [2.45, 2.75) is 13.8 Å². The predicted octanol–water partition coefficient (Wildman–Crippen LogP) is 5.12. The maximum atomic E-state index is 13.6. The number of amides is 1. The lowest BCUT2D eigenvalue weighted by atomic mass is 10.1. The van der Waals surface area contributed by atoms with Crippen molar-refractivity contribution < 1.29 is 18.8 Å². The van der Waals surface area contributed by atoms with Crippen molar-refractivity contribution in [3.05, 3.63) is 65.1 Å². The van der Waals surface area contributed by atoms with Crippen LogP contribution >= 0.6 is 11.6 Å². The van der Waals surface area contributed by atoms with Crippen molar-refractivity contribution in [3.63, 3.8) is 0 Å². The highest BCUT2D eigenvalue weighted by Gasteiger charge is 2.16. The molecule has 2 aromatic carbocycles. The molecule has 1 amide bonds. The molecule has 0 saturated heterocycles. The summed E-state index contributed by atoms with van der Waals surface area (Å²) in [5, 5.41) is 15.8. The Labute approximate surface area is 149 Å². The fourth-order valence-corrected chi connectivity index (χ4v) is 2.13. The van der Waals surface area contributed by atoms with Gasteiger partial charge in [0.2, 0.25) is 0 Å². The number of aromatic hydroxyl groups is 1. The van der Waals surface area contributed by atoms with Gasteiger partial charge in [-0.05, 0) is 30.3 Å². The number of carbonyl (C=O) groups is 1. The van der Waals surface area contributed by atoms with Gasteiger partial charge in [0.1, 0.15) is 11.6 Å². The summed E-state index contributed by atoms with van der Waals surface area (Å²) >= 11 is 5.77. The fourth-order valence-electron chi connectivity index (χ4n) is 1.96. The normalized spacial score (nSPS) is 9.92. The molecule has 130 valence electrons. The Morgan fingerprint density at radius 1 is 1.20 bits per heavy atom. The van der Waals surface area contributed by atoms with E-state index < -0.39 is 11.7 Å². The second-order valence-corrected chi connectivity index (χ2v) is 5.14. The minimum atomic E-state index is -0.638. The van der Waals surface area contributed by atoms with Crippen LogP contribution in [0.15, 0.2) is 53.1 Å². The third-order valence-electron chi connectivity index (χ3n) is 3.05. The van der Waals surface area contributed by atoms with Gasteiger partial charge >= 0.3 is 0 Å². The molecule has 0 aliphatic heterocycles. The van der Waals surface area contributed by atoms with Gasteiger partial charge in [-0.1, -0.05) is 42.7 Å². The molecule has 0 aliphatic carbocycles. The minimum absolute atomic E-state index is 0.0253. The van der Waals surface area contributed by atoms with E-state index in [4.69, 9.17) is 16.1 Å². The van der Waals surface area contributed by atoms with E-state index in [-0.39, 0.29) is 17.1 Å². The fraction of sp³-hybridized carbons (Fsp3) is 0.111. The number of anilines is 1. The number of nitrogens with zero attached hydrogens (tertiary/aromatic N) is 1. The number of benzene rings is 2. The first-order valence-corrected chi connectivity index (χ1v) is 7.93. The highest BCUT2D eigenvalue weighted by molar-refractivity contribution is 6.31. The van der Waals surface area contributed by atoms with Gasteiger partial charge in [0.15, 0.2) is 11.5 Å². The summed E-state index contributed by atoms with van der Waals surface area (Å²) in [6, 6.07) is 11.5. The van der Waals surface area contributed by atoms with Crippen LogP contribution < -0.4 is 5.32 Å². The third kappa shape index (κ3) is 4.58. The summed E-state index contributed by atoms with van der Waals surface area (Å²) < 4.78 is 18.7. The van der Waals surface area contributed by atoms with Crippen LogP contribution in [0, 0.1) is 5.82 Å². The van der Waals surface area contributed by atoms with Crippen LogP contribution in [0.3, 0.4) is 0 Å². The molecule has 2 N–H and O–H groups in total. The lowest BCUT2D eigenvalue weighted by Gasteiger charge is -2.04. The third-order valence-corrected chi connectivity index (χ3v) is 3.29. The first-order chi connectivity index (χ1) is 12.0. The van der Waals surface area contributed by atoms with Crippen LogP contribution in [0.5, 0.6) is 5.75 Å². The predicted molar refractivity (Wildman–Crippen MR) is 94.3 cm³/mol. The number of hydrogen-bond donors (Lipinski definition) is 2. The summed E-state index contributed by atoms with van der Waals surface area (Å²) in [5.41, 5.74) is 0.484. The molecule has 25 heavy (non-hydrogen) atoms. The number of rotatable bonds is 3. The molecule has 0 spiro atoms. The lowest BCUT2D eigenvalue weighted by Crippen LogP contribution is -2.13. The molecule has 0 saturated carbocycles. The van der Waals surface area contributed by atoms with Gasteiger partial charge in [0.05, 0.1) is 5.69 Å². The highest BCUT2D eigenvalue weighted by Crippen LogP contribution is 2.25. The van der Waals surface area contributed by atoms with E-state index in [1.165, 1.54) is 30.3 Å². The summed E-state index contributed by atoms with van der Waals surface area (Å²) in [5.74, 6) is -0.885. The molecular weight excluding hydrogens is 347 g/mol. The topological polar surface area (TPSA) is 75.4 Å². The highest BCUT2D eigenvalue weighted by atomic mass is 35.5. The van der Waals surface area contributed by atoms with Gasteiger partial charge in [0.25, 0.3) is 5.91 Å². The van der Waals surface area contributed by atoms with Crippen molar-refractivity contribution in [1.29, 1.82) is 0 Å². The van der Waals surface area contributed by atoms with Crippen LogP contribution in [0.2, 0.25) is 5.02 Å². The van der Waals surface area contributed by atoms with Gasteiger partial charge in [-0.15, -0.1) is 0 Å². The van der Waals surface area contributed by atoms with Gasteiger partial charge < -0.3 is 14.9 Å². The van der Waals surface area contributed by atoms with Crippen molar-refractivity contribution in [3.8, 4) is 17.1 Å². The SMILES string of the molecule is CC.O=C(Nc1cc(Cl)ccc1F)c1cc(-c2cccc(O)c2)on1. The average Bonchev–Trinajstić information content (AvgIpc) is 3.10. The smallest absolute Gasteiger partial charge is 0.277 e. The number of nitrogens with one attached hydrogen (secondary N) is 1. The molecule has 0 fully saturated rings. The van der Waals surface area contributed by atoms with E-state index in [9.17, 15) is 14.3 Å². The van der Waals surface area contributed by atoms with Gasteiger partial charge in [0, 0.05) is 16.7 Å². The Morgan fingerprint density at radius 3 is 2.68 bits per heavy atom. The summed E-state index contributed by atoms with van der Waals surface area (Å²) in [4.78, 5) is 12.1. The maximum Gasteiger partial charge on any atom is 0.277 e. The quantitative estimate of drug-likeness (QED) is 0.678. The molecule has 0 aliphatic rings. The lowest BCUT2D eigenvalue weighted by molar-refractivity contribution is 0.101. The van der Waals surface area contributed by atoms with Crippen molar-refractivity contribution in [2.24, 2.45) is 0 Å². The van der Waals surface area contributed by atoms with Gasteiger partial charge in [-0.25, -0.2) is 4.39 Å². The van der Waals surface area contributed by atoms with E-state index in [0.29, 0.717) is 16.3 Å². The number of halogens is 2. The molecule has 7 heteroatoms. The van der Waals surface area contributed by atoms with Gasteiger partial charge in [-0.2, -0.15) is 0 Å². The molecule has 5 nitrogen and oxygen atoms in total. The van der Waals surface area contributed by atoms with E-state index in [1.807, 2.05) is 13.8 Å².